The lowest BCUT2D eigenvalue weighted by Gasteiger charge is -2.07. The van der Waals surface area contributed by atoms with Crippen LogP contribution in [0.4, 0.5) is 0 Å². The van der Waals surface area contributed by atoms with E-state index in [0.717, 1.165) is 36.0 Å². The highest BCUT2D eigenvalue weighted by Gasteiger charge is 2.06. The monoisotopic (exact) mass is 216 g/mol. The Morgan fingerprint density at radius 2 is 2.00 bits per heavy atom. The lowest BCUT2D eigenvalue weighted by Crippen LogP contribution is -2.05. The quantitative estimate of drug-likeness (QED) is 0.789. The van der Waals surface area contributed by atoms with Crippen LogP contribution in [-0.4, -0.2) is 19.5 Å². The Morgan fingerprint density at radius 3 is 2.69 bits per heavy atom. The van der Waals surface area contributed by atoms with Gasteiger partial charge < -0.3 is 0 Å². The highest BCUT2D eigenvalue weighted by Crippen LogP contribution is 2.10. The summed E-state index contributed by atoms with van der Waals surface area (Å²) in [6.07, 6.45) is 5.58. The molecule has 0 spiro atoms. The van der Waals surface area contributed by atoms with Crippen LogP contribution in [0.15, 0.2) is 18.5 Å². The van der Waals surface area contributed by atoms with Crippen LogP contribution in [0.3, 0.4) is 0 Å². The summed E-state index contributed by atoms with van der Waals surface area (Å²) in [5.74, 6) is 2.75. The first kappa shape index (κ1) is 10.8. The van der Waals surface area contributed by atoms with Crippen molar-refractivity contribution < 1.29 is 0 Å². The summed E-state index contributed by atoms with van der Waals surface area (Å²) < 4.78 is 2.02. The molecule has 2 rings (SSSR count). The van der Waals surface area contributed by atoms with E-state index in [-0.39, 0.29) is 0 Å². The SMILES string of the molecule is CCc1cc(-n2ccnc2CC)nc(C)n1. The van der Waals surface area contributed by atoms with Crippen molar-refractivity contribution in [1.29, 1.82) is 0 Å². The molecular formula is C12H16N4. The zero-order chi connectivity index (χ0) is 11.5. The Balaban J connectivity index is 2.51. The number of nitrogens with zero attached hydrogens (tertiary/aromatic N) is 4. The van der Waals surface area contributed by atoms with Gasteiger partial charge in [0, 0.05) is 30.6 Å². The molecule has 16 heavy (non-hydrogen) atoms. The summed E-state index contributed by atoms with van der Waals surface area (Å²) in [5, 5.41) is 0. The average molecular weight is 216 g/mol. The van der Waals surface area contributed by atoms with Crippen molar-refractivity contribution in [2.45, 2.75) is 33.6 Å². The van der Waals surface area contributed by atoms with E-state index < -0.39 is 0 Å². The van der Waals surface area contributed by atoms with Crippen molar-refractivity contribution >= 4 is 0 Å². The number of rotatable bonds is 3. The fourth-order valence-electron chi connectivity index (χ4n) is 1.72. The first-order chi connectivity index (χ1) is 7.74. The molecule has 84 valence electrons. The van der Waals surface area contributed by atoms with Crippen molar-refractivity contribution in [3.63, 3.8) is 0 Å². The Morgan fingerprint density at radius 1 is 1.19 bits per heavy atom. The van der Waals surface area contributed by atoms with E-state index in [2.05, 4.69) is 28.8 Å². The van der Waals surface area contributed by atoms with E-state index in [1.165, 1.54) is 0 Å². The molecule has 0 saturated heterocycles. The second-order valence-electron chi connectivity index (χ2n) is 3.69. The maximum atomic E-state index is 4.44. The van der Waals surface area contributed by atoms with Gasteiger partial charge in [0.25, 0.3) is 0 Å². The fraction of sp³-hybridized carbons (Fsp3) is 0.417. The van der Waals surface area contributed by atoms with Crippen LogP contribution >= 0.6 is 0 Å². The largest absolute Gasteiger partial charge is 0.288 e. The van der Waals surface area contributed by atoms with Crippen molar-refractivity contribution in [2.75, 3.05) is 0 Å². The lowest BCUT2D eigenvalue weighted by atomic mass is 10.3. The molecule has 0 atom stereocenters. The van der Waals surface area contributed by atoms with Crippen LogP contribution in [-0.2, 0) is 12.8 Å². The standard InChI is InChI=1S/C12H16N4/c1-4-10-8-12(15-9(3)14-10)16-7-6-13-11(16)5-2/h6-8H,4-5H2,1-3H3. The van der Waals surface area contributed by atoms with Gasteiger partial charge in [0.1, 0.15) is 17.5 Å². The van der Waals surface area contributed by atoms with E-state index in [0.29, 0.717) is 0 Å². The molecule has 2 aromatic heterocycles. The molecule has 2 aromatic rings. The second-order valence-corrected chi connectivity index (χ2v) is 3.69. The number of hydrogen-bond acceptors (Lipinski definition) is 3. The summed E-state index contributed by atoms with van der Waals surface area (Å²) in [5.41, 5.74) is 1.07. The van der Waals surface area contributed by atoms with Crippen LogP contribution in [0, 0.1) is 6.92 Å². The maximum Gasteiger partial charge on any atom is 0.142 e. The minimum atomic E-state index is 0.810. The molecule has 0 amide bonds. The normalized spacial score (nSPS) is 10.7. The summed E-state index contributed by atoms with van der Waals surface area (Å²) in [7, 11) is 0. The summed E-state index contributed by atoms with van der Waals surface area (Å²) in [6, 6.07) is 2.02. The van der Waals surface area contributed by atoms with E-state index in [9.17, 15) is 0 Å². The Hall–Kier alpha value is -1.71. The first-order valence-corrected chi connectivity index (χ1v) is 5.61. The fourth-order valence-corrected chi connectivity index (χ4v) is 1.72. The molecule has 0 fully saturated rings. The van der Waals surface area contributed by atoms with Crippen molar-refractivity contribution in [3.05, 3.63) is 35.8 Å². The molecule has 0 radical (unpaired) electrons. The van der Waals surface area contributed by atoms with E-state index in [1.54, 1.807) is 0 Å². The van der Waals surface area contributed by atoms with Crippen molar-refractivity contribution in [2.24, 2.45) is 0 Å². The highest BCUT2D eigenvalue weighted by atomic mass is 15.1. The van der Waals surface area contributed by atoms with Crippen LogP contribution in [0.25, 0.3) is 5.82 Å². The van der Waals surface area contributed by atoms with Crippen LogP contribution < -0.4 is 0 Å². The average Bonchev–Trinajstić information content (AvgIpc) is 2.76. The van der Waals surface area contributed by atoms with Gasteiger partial charge in [0.2, 0.25) is 0 Å². The minimum absolute atomic E-state index is 0.810. The van der Waals surface area contributed by atoms with E-state index >= 15 is 0 Å². The predicted octanol–water partition coefficient (Wildman–Crippen LogP) is 2.10. The molecule has 4 nitrogen and oxygen atoms in total. The van der Waals surface area contributed by atoms with Gasteiger partial charge in [-0.3, -0.25) is 4.57 Å². The third-order valence-electron chi connectivity index (χ3n) is 2.52. The summed E-state index contributed by atoms with van der Waals surface area (Å²) >= 11 is 0. The van der Waals surface area contributed by atoms with Gasteiger partial charge in [-0.1, -0.05) is 13.8 Å². The predicted molar refractivity (Wildman–Crippen MR) is 62.6 cm³/mol. The molecule has 0 aliphatic heterocycles. The third-order valence-corrected chi connectivity index (χ3v) is 2.52. The topological polar surface area (TPSA) is 43.6 Å². The van der Waals surface area contributed by atoms with Gasteiger partial charge in [-0.25, -0.2) is 15.0 Å². The van der Waals surface area contributed by atoms with Crippen LogP contribution in [0.2, 0.25) is 0 Å². The smallest absolute Gasteiger partial charge is 0.142 e. The molecule has 0 unspecified atom stereocenters. The zero-order valence-corrected chi connectivity index (χ0v) is 9.94. The number of aryl methyl sites for hydroxylation is 3. The summed E-state index contributed by atoms with van der Waals surface area (Å²) in [6.45, 7) is 6.11. The molecule has 4 heteroatoms. The molecule has 0 aromatic carbocycles. The van der Waals surface area contributed by atoms with Gasteiger partial charge >= 0.3 is 0 Å². The zero-order valence-electron chi connectivity index (χ0n) is 9.94. The Bertz CT molecular complexity index is 488. The van der Waals surface area contributed by atoms with E-state index in [4.69, 9.17) is 0 Å². The first-order valence-electron chi connectivity index (χ1n) is 5.61. The molecule has 0 aliphatic carbocycles. The van der Waals surface area contributed by atoms with Crippen LogP contribution in [0.5, 0.6) is 0 Å². The lowest BCUT2D eigenvalue weighted by molar-refractivity contribution is 0.837. The third kappa shape index (κ3) is 1.96. The van der Waals surface area contributed by atoms with Crippen molar-refractivity contribution in [3.8, 4) is 5.82 Å². The minimum Gasteiger partial charge on any atom is -0.288 e. The number of aromatic nitrogens is 4. The Labute approximate surface area is 95.4 Å². The summed E-state index contributed by atoms with van der Waals surface area (Å²) in [4.78, 5) is 13.1. The number of imidazole rings is 1. The van der Waals surface area contributed by atoms with Gasteiger partial charge in [-0.2, -0.15) is 0 Å². The van der Waals surface area contributed by atoms with Gasteiger partial charge in [-0.15, -0.1) is 0 Å². The molecular weight excluding hydrogens is 200 g/mol. The molecule has 0 aliphatic rings. The number of hydrogen-bond donors (Lipinski definition) is 0. The van der Waals surface area contributed by atoms with Crippen molar-refractivity contribution in [1.82, 2.24) is 19.5 Å². The molecule has 2 heterocycles. The van der Waals surface area contributed by atoms with Gasteiger partial charge in [-0.05, 0) is 13.3 Å². The van der Waals surface area contributed by atoms with Gasteiger partial charge in [0.05, 0.1) is 0 Å². The Kier molecular flexibility index (Phi) is 2.99. The van der Waals surface area contributed by atoms with E-state index in [1.807, 2.05) is 30.0 Å². The maximum absolute atomic E-state index is 4.44. The second kappa shape index (κ2) is 4.43. The van der Waals surface area contributed by atoms with Gasteiger partial charge in [0.15, 0.2) is 0 Å². The molecule has 0 N–H and O–H groups in total. The van der Waals surface area contributed by atoms with Crippen LogP contribution in [0.1, 0.15) is 31.2 Å². The molecule has 0 bridgehead atoms. The molecule has 0 saturated carbocycles. The highest BCUT2D eigenvalue weighted by molar-refractivity contribution is 5.27.